The van der Waals surface area contributed by atoms with Gasteiger partial charge in [-0.05, 0) is 31.1 Å². The highest BCUT2D eigenvalue weighted by Crippen LogP contribution is 2.08. The molecule has 0 fully saturated rings. The van der Waals surface area contributed by atoms with Gasteiger partial charge < -0.3 is 43.2 Å². The molecule has 1 aromatic rings. The lowest BCUT2D eigenvalue weighted by atomic mass is 9.99. The van der Waals surface area contributed by atoms with Crippen molar-refractivity contribution in [2.75, 3.05) is 6.54 Å². The van der Waals surface area contributed by atoms with Gasteiger partial charge in [0.15, 0.2) is 5.96 Å². The smallest absolute Gasteiger partial charge is 0.326 e. The first-order valence-electron chi connectivity index (χ1n) is 12.2. The number of carboxylic acid groups (broad SMARTS) is 1. The van der Waals surface area contributed by atoms with Crippen LogP contribution in [0.5, 0.6) is 0 Å². The van der Waals surface area contributed by atoms with Crippen molar-refractivity contribution in [3.8, 4) is 0 Å². The summed E-state index contributed by atoms with van der Waals surface area (Å²) in [6, 6.07) is -4.11. The summed E-state index contributed by atoms with van der Waals surface area (Å²) in [4.78, 5) is 61.1. The third-order valence-corrected chi connectivity index (χ3v) is 5.48. The van der Waals surface area contributed by atoms with Crippen molar-refractivity contribution in [3.05, 3.63) is 18.2 Å². The summed E-state index contributed by atoms with van der Waals surface area (Å²) in [6.45, 7) is 7.57. The first-order valence-corrected chi connectivity index (χ1v) is 12.2. The maximum Gasteiger partial charge on any atom is 0.326 e. The van der Waals surface area contributed by atoms with Crippen molar-refractivity contribution in [1.82, 2.24) is 25.9 Å². The second-order valence-corrected chi connectivity index (χ2v) is 9.66. The van der Waals surface area contributed by atoms with Gasteiger partial charge in [0.05, 0.1) is 12.4 Å². The van der Waals surface area contributed by atoms with E-state index in [1.165, 1.54) is 12.5 Å². The zero-order valence-electron chi connectivity index (χ0n) is 21.9. The minimum Gasteiger partial charge on any atom is -0.480 e. The van der Waals surface area contributed by atoms with Crippen molar-refractivity contribution < 1.29 is 24.3 Å². The molecule has 0 saturated heterocycles. The van der Waals surface area contributed by atoms with Gasteiger partial charge in [-0.1, -0.05) is 27.7 Å². The van der Waals surface area contributed by atoms with Crippen LogP contribution in [0, 0.1) is 11.8 Å². The predicted molar refractivity (Wildman–Crippen MR) is 138 cm³/mol. The van der Waals surface area contributed by atoms with Crippen LogP contribution in [0.4, 0.5) is 0 Å². The Kier molecular flexibility index (Phi) is 13.1. The largest absolute Gasteiger partial charge is 0.480 e. The summed E-state index contributed by atoms with van der Waals surface area (Å²) < 4.78 is 0. The average Bonchev–Trinajstić information content (AvgIpc) is 3.30. The number of aliphatic imine (C=N–C) groups is 1. The second-order valence-electron chi connectivity index (χ2n) is 9.66. The third-order valence-electron chi connectivity index (χ3n) is 5.48. The molecular weight excluding hydrogens is 482 g/mol. The Morgan fingerprint density at radius 1 is 1.03 bits per heavy atom. The van der Waals surface area contributed by atoms with Crippen LogP contribution in [0.25, 0.3) is 0 Å². The van der Waals surface area contributed by atoms with Crippen LogP contribution >= 0.6 is 0 Å². The first kappa shape index (κ1) is 31.4. The maximum atomic E-state index is 13.2. The highest BCUT2D eigenvalue weighted by molar-refractivity contribution is 5.94. The van der Waals surface area contributed by atoms with Crippen molar-refractivity contribution in [1.29, 1.82) is 0 Å². The number of nitrogens with zero attached hydrogens (tertiary/aromatic N) is 2. The van der Waals surface area contributed by atoms with Crippen molar-refractivity contribution in [2.24, 2.45) is 34.0 Å². The Hall–Kier alpha value is -3.68. The normalized spacial score (nSPS) is 14.4. The van der Waals surface area contributed by atoms with E-state index >= 15 is 0 Å². The number of rotatable bonds is 16. The van der Waals surface area contributed by atoms with Gasteiger partial charge in [-0.15, -0.1) is 0 Å². The number of H-pyrrole nitrogens is 1. The molecule has 0 aliphatic carbocycles. The number of hydrogen-bond acceptors (Lipinski definition) is 7. The molecule has 14 heteroatoms. The minimum atomic E-state index is -1.24. The van der Waals surface area contributed by atoms with Crippen LogP contribution in [0.3, 0.4) is 0 Å². The summed E-state index contributed by atoms with van der Waals surface area (Å²) in [6.07, 6.45) is 3.75. The number of amides is 3. The zero-order valence-corrected chi connectivity index (χ0v) is 21.9. The molecule has 1 aromatic heterocycles. The van der Waals surface area contributed by atoms with Gasteiger partial charge in [0.25, 0.3) is 0 Å². The number of hydrogen-bond donors (Lipinski definition) is 8. The molecule has 0 aliphatic heterocycles. The van der Waals surface area contributed by atoms with E-state index in [9.17, 15) is 24.3 Å². The van der Waals surface area contributed by atoms with Crippen LogP contribution in [-0.2, 0) is 25.6 Å². The highest BCUT2D eigenvalue weighted by Gasteiger charge is 2.32. The molecule has 3 amide bonds. The summed E-state index contributed by atoms with van der Waals surface area (Å²) >= 11 is 0. The quantitative estimate of drug-likeness (QED) is 0.0718. The number of nitrogens with one attached hydrogen (secondary N) is 4. The zero-order chi connectivity index (χ0) is 28.1. The summed E-state index contributed by atoms with van der Waals surface area (Å²) in [7, 11) is 0. The number of aromatic nitrogens is 2. The molecule has 4 atom stereocenters. The fourth-order valence-corrected chi connectivity index (χ4v) is 3.53. The summed E-state index contributed by atoms with van der Waals surface area (Å²) in [5, 5.41) is 17.3. The number of carboxylic acids is 1. The number of guanidine groups is 1. The first-order chi connectivity index (χ1) is 17.3. The van der Waals surface area contributed by atoms with Gasteiger partial charge in [0, 0.05) is 24.9 Å². The molecule has 0 aromatic carbocycles. The molecular formula is C23H41N9O5. The SMILES string of the molecule is CC(C)CC(N)C(=O)NC(C(=O)NC(Cc1cnc[nH]1)C(=O)NC(CCCN=C(N)N)C(=O)O)C(C)C. The van der Waals surface area contributed by atoms with E-state index in [0.29, 0.717) is 18.5 Å². The molecule has 4 unspecified atom stereocenters. The molecule has 0 radical (unpaired) electrons. The third kappa shape index (κ3) is 11.7. The highest BCUT2D eigenvalue weighted by atomic mass is 16.4. The molecule has 1 heterocycles. The summed E-state index contributed by atoms with van der Waals surface area (Å²) in [5.41, 5.74) is 17.1. The topological polar surface area (TPSA) is 244 Å². The molecule has 208 valence electrons. The van der Waals surface area contributed by atoms with Crippen LogP contribution in [-0.4, -0.2) is 75.4 Å². The van der Waals surface area contributed by atoms with Crippen LogP contribution in [0.15, 0.2) is 17.5 Å². The van der Waals surface area contributed by atoms with Gasteiger partial charge in [0.2, 0.25) is 17.7 Å². The Morgan fingerprint density at radius 2 is 1.68 bits per heavy atom. The Bertz CT molecular complexity index is 914. The van der Waals surface area contributed by atoms with E-state index in [0.717, 1.165) is 0 Å². The van der Waals surface area contributed by atoms with Gasteiger partial charge in [0.1, 0.15) is 18.1 Å². The van der Waals surface area contributed by atoms with Crippen LogP contribution < -0.4 is 33.2 Å². The molecule has 0 bridgehead atoms. The van der Waals surface area contributed by atoms with E-state index in [1.54, 1.807) is 13.8 Å². The van der Waals surface area contributed by atoms with E-state index in [4.69, 9.17) is 17.2 Å². The maximum absolute atomic E-state index is 13.2. The number of nitrogens with two attached hydrogens (primary N) is 3. The Labute approximate surface area is 216 Å². The predicted octanol–water partition coefficient (Wildman–Crippen LogP) is -1.43. The second kappa shape index (κ2) is 15.4. The number of aliphatic carboxylic acids is 1. The molecule has 0 aliphatic rings. The molecule has 1 rings (SSSR count). The number of carbonyl (C=O) groups excluding carboxylic acids is 3. The van der Waals surface area contributed by atoms with E-state index in [-0.39, 0.29) is 37.2 Å². The fraction of sp³-hybridized carbons (Fsp3) is 0.652. The van der Waals surface area contributed by atoms with Crippen LogP contribution in [0.1, 0.15) is 52.7 Å². The van der Waals surface area contributed by atoms with Crippen molar-refractivity contribution in [2.45, 2.75) is 77.5 Å². The van der Waals surface area contributed by atoms with Crippen LogP contribution in [0.2, 0.25) is 0 Å². The number of carbonyl (C=O) groups is 4. The number of imidazole rings is 1. The van der Waals surface area contributed by atoms with Gasteiger partial charge in [-0.3, -0.25) is 19.4 Å². The van der Waals surface area contributed by atoms with E-state index < -0.39 is 47.9 Å². The average molecular weight is 524 g/mol. The molecule has 37 heavy (non-hydrogen) atoms. The van der Waals surface area contributed by atoms with Gasteiger partial charge in [-0.25, -0.2) is 9.78 Å². The lowest BCUT2D eigenvalue weighted by Gasteiger charge is -2.27. The van der Waals surface area contributed by atoms with Crippen molar-refractivity contribution >= 4 is 29.7 Å². The Balaban J connectivity index is 3.00. The van der Waals surface area contributed by atoms with E-state index in [2.05, 4.69) is 30.9 Å². The van der Waals surface area contributed by atoms with Crippen molar-refractivity contribution in [3.63, 3.8) is 0 Å². The lowest BCUT2D eigenvalue weighted by Crippen LogP contribution is -2.59. The van der Waals surface area contributed by atoms with E-state index in [1.807, 2.05) is 13.8 Å². The van der Waals surface area contributed by atoms with Gasteiger partial charge in [-0.2, -0.15) is 0 Å². The molecule has 0 saturated carbocycles. The summed E-state index contributed by atoms with van der Waals surface area (Å²) in [5.74, 6) is -3.25. The molecule has 0 spiro atoms. The standard InChI is InChI=1S/C23H41N9O5/c1-12(2)8-15(24)19(33)32-18(13(3)4)21(35)31-17(9-14-10-27-11-29-14)20(34)30-16(22(36)37)6-5-7-28-23(25)26/h10-13,15-18H,5-9,24H2,1-4H3,(H,27,29)(H,30,34)(H,31,35)(H,32,33)(H,36,37)(H4,25,26,28). The lowest BCUT2D eigenvalue weighted by molar-refractivity contribution is -0.142. The number of aromatic amines is 1. The Morgan fingerprint density at radius 3 is 2.19 bits per heavy atom. The molecule has 14 nitrogen and oxygen atoms in total. The minimum absolute atomic E-state index is 0.0174. The molecule has 11 N–H and O–H groups in total. The monoisotopic (exact) mass is 523 g/mol. The fourth-order valence-electron chi connectivity index (χ4n) is 3.53. The van der Waals surface area contributed by atoms with Gasteiger partial charge >= 0.3 is 5.97 Å².